The Morgan fingerprint density at radius 3 is 2.54 bits per heavy atom. The van der Waals surface area contributed by atoms with Crippen molar-refractivity contribution in [1.82, 2.24) is 5.32 Å². The zero-order valence-electron chi connectivity index (χ0n) is 20.0. The predicted octanol–water partition coefficient (Wildman–Crippen LogP) is 4.80. The number of hydrogen-bond acceptors (Lipinski definition) is 6. The minimum Gasteiger partial charge on any atom is -0.478 e. The second kappa shape index (κ2) is 12.1. The topological polar surface area (TPSA) is 125 Å². The molecule has 0 saturated carbocycles. The minimum absolute atomic E-state index is 0. The first-order chi connectivity index (χ1) is 17.1. The van der Waals surface area contributed by atoms with Crippen molar-refractivity contribution in [1.29, 1.82) is 0 Å². The third kappa shape index (κ3) is 7.83. The molecule has 4 N–H and O–H groups in total. The summed E-state index contributed by atoms with van der Waals surface area (Å²) in [6.07, 6.45) is 2.87. The first-order valence-corrected chi connectivity index (χ1v) is 13.7. The Hall–Kier alpha value is -2.82. The van der Waals surface area contributed by atoms with E-state index in [0.717, 1.165) is 36.6 Å². The Balaban J connectivity index is 0.00000380. The van der Waals surface area contributed by atoms with Crippen molar-refractivity contribution in [3.8, 4) is 11.5 Å². The summed E-state index contributed by atoms with van der Waals surface area (Å²) in [6, 6.07) is 17.3. The summed E-state index contributed by atoms with van der Waals surface area (Å²) in [5.74, 6) is -0.444. The molecule has 3 aromatic rings. The van der Waals surface area contributed by atoms with Gasteiger partial charge in [-0.05, 0) is 78.4 Å². The number of carboxylic acid groups (broad SMARTS) is 1. The number of aromatic carboxylic acids is 1. The van der Waals surface area contributed by atoms with Gasteiger partial charge in [0.25, 0.3) is 0 Å². The summed E-state index contributed by atoms with van der Waals surface area (Å²) in [7, 11) is -3.63. The van der Waals surface area contributed by atoms with Crippen molar-refractivity contribution in [3.63, 3.8) is 0 Å². The molecule has 0 fully saturated rings. The van der Waals surface area contributed by atoms with Crippen LogP contribution in [0.4, 0.5) is 5.69 Å². The molecule has 1 aliphatic carbocycles. The first-order valence-electron chi connectivity index (χ1n) is 11.4. The van der Waals surface area contributed by atoms with Crippen LogP contribution in [-0.2, 0) is 22.9 Å². The highest BCUT2D eigenvalue weighted by Crippen LogP contribution is 2.31. The molecule has 0 saturated heterocycles. The molecule has 11 heteroatoms. The van der Waals surface area contributed by atoms with Gasteiger partial charge in [-0.25, -0.2) is 13.2 Å². The van der Waals surface area contributed by atoms with Crippen LogP contribution in [0.1, 0.15) is 39.6 Å². The third-order valence-corrected chi connectivity index (χ3v) is 6.82. The number of carboxylic acids is 1. The van der Waals surface area contributed by atoms with E-state index in [2.05, 4.69) is 10.0 Å². The number of fused-ring (bicyclic) bond motifs is 1. The lowest BCUT2D eigenvalue weighted by Gasteiger charge is -2.27. The van der Waals surface area contributed by atoms with Crippen LogP contribution in [0.25, 0.3) is 0 Å². The molecule has 198 valence electrons. The van der Waals surface area contributed by atoms with Crippen LogP contribution in [0, 0.1) is 0 Å². The molecule has 2 atom stereocenters. The minimum atomic E-state index is -3.63. The molecule has 8 nitrogen and oxygen atoms in total. The van der Waals surface area contributed by atoms with Crippen molar-refractivity contribution >= 4 is 45.7 Å². The van der Waals surface area contributed by atoms with Gasteiger partial charge in [0.15, 0.2) is 0 Å². The van der Waals surface area contributed by atoms with Gasteiger partial charge in [-0.3, -0.25) is 4.72 Å². The lowest BCUT2D eigenvalue weighted by Crippen LogP contribution is -2.37. The molecular weight excluding hydrogens is 539 g/mol. The lowest BCUT2D eigenvalue weighted by molar-refractivity contribution is 0.0697. The number of hydrogen-bond donors (Lipinski definition) is 4. The highest BCUT2D eigenvalue weighted by Gasteiger charge is 2.21. The molecule has 3 aromatic carbocycles. The zero-order chi connectivity index (χ0) is 25.9. The Labute approximate surface area is 227 Å². The van der Waals surface area contributed by atoms with Gasteiger partial charge in [0.1, 0.15) is 11.5 Å². The van der Waals surface area contributed by atoms with Gasteiger partial charge in [-0.15, -0.1) is 12.4 Å². The summed E-state index contributed by atoms with van der Waals surface area (Å²) >= 11 is 6.02. The van der Waals surface area contributed by atoms with Crippen LogP contribution in [-0.4, -0.2) is 43.4 Å². The lowest BCUT2D eigenvalue weighted by atomic mass is 9.88. The van der Waals surface area contributed by atoms with Gasteiger partial charge in [-0.1, -0.05) is 29.8 Å². The molecule has 0 spiro atoms. The first kappa shape index (κ1) is 28.7. The second-order valence-electron chi connectivity index (χ2n) is 8.84. The molecule has 37 heavy (non-hydrogen) atoms. The standard InChI is InChI=1S/C26H27ClN2O6S.ClH/c1-36(33,34)29-24-10-9-22(14-23(24)26(31)32)35-21-8-6-16-5-7-20(12-18(16)13-21)28-15-25(30)17-3-2-4-19(27)11-17;/h2-4,6,8-11,13-14,20,25,28-30H,5,7,12,15H2,1H3,(H,31,32);1H/t20-,25-;/m0./s1. The molecule has 0 heterocycles. The van der Waals surface area contributed by atoms with Gasteiger partial charge in [-0.2, -0.15) is 0 Å². The van der Waals surface area contributed by atoms with E-state index in [4.69, 9.17) is 16.3 Å². The van der Waals surface area contributed by atoms with Crippen molar-refractivity contribution in [2.75, 3.05) is 17.5 Å². The molecule has 0 amide bonds. The summed E-state index contributed by atoms with van der Waals surface area (Å²) in [6.45, 7) is 0.405. The maximum Gasteiger partial charge on any atom is 0.337 e. The number of nitrogens with one attached hydrogen (secondary N) is 2. The average Bonchev–Trinajstić information content (AvgIpc) is 2.82. The number of carbonyl (C=O) groups is 1. The van der Waals surface area contributed by atoms with Crippen LogP contribution in [0.15, 0.2) is 60.7 Å². The molecule has 4 rings (SSSR count). The van der Waals surface area contributed by atoms with E-state index in [0.29, 0.717) is 17.3 Å². The van der Waals surface area contributed by atoms with Crippen LogP contribution < -0.4 is 14.8 Å². The van der Waals surface area contributed by atoms with E-state index in [1.165, 1.54) is 23.8 Å². The van der Waals surface area contributed by atoms with Crippen molar-refractivity contribution in [3.05, 3.63) is 87.9 Å². The summed E-state index contributed by atoms with van der Waals surface area (Å²) in [5, 5.41) is 24.0. The normalized spacial score (nSPS) is 15.7. The van der Waals surface area contributed by atoms with Crippen LogP contribution in [0.5, 0.6) is 11.5 Å². The van der Waals surface area contributed by atoms with E-state index >= 15 is 0 Å². The molecule has 0 unspecified atom stereocenters. The SMILES string of the molecule is CS(=O)(=O)Nc1ccc(Oc2ccc3c(c2)C[C@@H](NC[C@H](O)c2cccc(Cl)c2)CC3)cc1C(=O)O.Cl. The quantitative estimate of drug-likeness (QED) is 0.293. The van der Waals surface area contributed by atoms with Crippen LogP contribution >= 0.6 is 24.0 Å². The van der Waals surface area contributed by atoms with E-state index in [9.17, 15) is 23.4 Å². The second-order valence-corrected chi connectivity index (χ2v) is 11.0. The van der Waals surface area contributed by atoms with Gasteiger partial charge in [0.2, 0.25) is 10.0 Å². The fourth-order valence-electron chi connectivity index (χ4n) is 4.27. The van der Waals surface area contributed by atoms with Crippen LogP contribution in [0.3, 0.4) is 0 Å². The highest BCUT2D eigenvalue weighted by atomic mass is 35.5. The van der Waals surface area contributed by atoms with Gasteiger partial charge >= 0.3 is 5.97 Å². The van der Waals surface area contributed by atoms with Gasteiger partial charge < -0.3 is 20.3 Å². The molecule has 0 radical (unpaired) electrons. The molecule has 0 aliphatic heterocycles. The van der Waals surface area contributed by atoms with Crippen molar-refractivity contribution in [2.24, 2.45) is 0 Å². The number of anilines is 1. The van der Waals surface area contributed by atoms with E-state index in [1.54, 1.807) is 12.1 Å². The number of aryl methyl sites for hydroxylation is 1. The summed E-state index contributed by atoms with van der Waals surface area (Å²) < 4.78 is 31.2. The van der Waals surface area contributed by atoms with Crippen molar-refractivity contribution < 1.29 is 28.2 Å². The Morgan fingerprint density at radius 2 is 1.84 bits per heavy atom. The number of benzene rings is 3. The summed E-state index contributed by atoms with van der Waals surface area (Å²) in [4.78, 5) is 11.6. The molecule has 0 bridgehead atoms. The predicted molar refractivity (Wildman–Crippen MR) is 146 cm³/mol. The fraction of sp³-hybridized carbons (Fsp3) is 0.269. The Kier molecular flexibility index (Phi) is 9.44. The van der Waals surface area contributed by atoms with Crippen molar-refractivity contribution in [2.45, 2.75) is 31.4 Å². The molecule has 0 aromatic heterocycles. The fourth-order valence-corrected chi connectivity index (χ4v) is 5.05. The van der Waals surface area contributed by atoms with E-state index < -0.39 is 22.1 Å². The third-order valence-electron chi connectivity index (χ3n) is 5.99. The number of halogens is 2. The number of sulfonamides is 1. The Morgan fingerprint density at radius 1 is 1.11 bits per heavy atom. The maximum atomic E-state index is 11.6. The molecule has 1 aliphatic rings. The van der Waals surface area contributed by atoms with E-state index in [1.807, 2.05) is 30.3 Å². The summed E-state index contributed by atoms with van der Waals surface area (Å²) in [5.41, 5.74) is 2.85. The van der Waals surface area contributed by atoms with Gasteiger partial charge in [0, 0.05) is 17.6 Å². The number of ether oxygens (including phenoxy) is 1. The number of aliphatic hydroxyl groups is 1. The number of aliphatic hydroxyl groups excluding tert-OH is 1. The maximum absolute atomic E-state index is 11.6. The monoisotopic (exact) mass is 566 g/mol. The average molecular weight is 567 g/mol. The highest BCUT2D eigenvalue weighted by molar-refractivity contribution is 7.92. The smallest absolute Gasteiger partial charge is 0.337 e. The molecular formula is C26H28Cl2N2O6S. The largest absolute Gasteiger partial charge is 0.478 e. The Bertz CT molecular complexity index is 1380. The van der Waals surface area contributed by atoms with E-state index in [-0.39, 0.29) is 35.4 Å². The van der Waals surface area contributed by atoms with Gasteiger partial charge in [0.05, 0.1) is 23.6 Å². The zero-order valence-corrected chi connectivity index (χ0v) is 22.4. The number of rotatable bonds is 9. The van der Waals surface area contributed by atoms with Crippen LogP contribution in [0.2, 0.25) is 5.02 Å².